The van der Waals surface area contributed by atoms with E-state index in [1.54, 1.807) is 25.1 Å². The molecule has 1 atom stereocenters. The van der Waals surface area contributed by atoms with Gasteiger partial charge in [-0.15, -0.1) is 0 Å². The second-order valence-corrected chi connectivity index (χ2v) is 5.62. The molecule has 114 valence electrons. The van der Waals surface area contributed by atoms with Crippen molar-refractivity contribution in [1.82, 2.24) is 9.78 Å². The van der Waals surface area contributed by atoms with Crippen LogP contribution in [-0.4, -0.2) is 14.9 Å². The van der Waals surface area contributed by atoms with Gasteiger partial charge in [0.15, 0.2) is 0 Å². The number of aryl methyl sites for hydroxylation is 2. The van der Waals surface area contributed by atoms with Gasteiger partial charge in [0.2, 0.25) is 0 Å². The summed E-state index contributed by atoms with van der Waals surface area (Å²) in [6, 6.07) is 5.18. The number of aliphatic hydroxyl groups excluding tert-OH is 1. The summed E-state index contributed by atoms with van der Waals surface area (Å²) in [5.74, 6) is 0.590. The van der Waals surface area contributed by atoms with Crippen molar-refractivity contribution in [3.05, 3.63) is 45.2 Å². The Kier molecular flexibility index (Phi) is 5.14. The van der Waals surface area contributed by atoms with Crippen LogP contribution in [0, 0.1) is 6.92 Å². The normalized spacial score (nSPS) is 12.5. The van der Waals surface area contributed by atoms with Crippen molar-refractivity contribution in [3.63, 3.8) is 0 Å². The molecule has 0 bridgehead atoms. The summed E-state index contributed by atoms with van der Waals surface area (Å²) in [6.45, 7) is 6.54. The quantitative estimate of drug-likeness (QED) is 0.896. The van der Waals surface area contributed by atoms with Gasteiger partial charge in [0.25, 0.3) is 0 Å². The molecule has 1 aromatic heterocycles. The molecule has 0 saturated heterocycles. The monoisotopic (exact) mass is 328 g/mol. The number of hydrogen-bond acceptors (Lipinski definition) is 3. The Morgan fingerprint density at radius 1 is 1.38 bits per heavy atom. The minimum Gasteiger partial charge on any atom is -0.487 e. The maximum absolute atomic E-state index is 9.80. The minimum atomic E-state index is -0.660. The summed E-state index contributed by atoms with van der Waals surface area (Å²) in [5.41, 5.74) is 2.25. The van der Waals surface area contributed by atoms with Gasteiger partial charge in [0.1, 0.15) is 12.4 Å². The fourth-order valence-corrected chi connectivity index (χ4v) is 2.50. The fourth-order valence-electron chi connectivity index (χ4n) is 2.13. The van der Waals surface area contributed by atoms with Crippen LogP contribution in [0.5, 0.6) is 5.75 Å². The molecule has 0 aliphatic rings. The fraction of sp³-hybridized carbons (Fsp3) is 0.400. The van der Waals surface area contributed by atoms with Gasteiger partial charge in [-0.2, -0.15) is 5.10 Å². The average molecular weight is 329 g/mol. The Morgan fingerprint density at radius 2 is 2.10 bits per heavy atom. The molecule has 2 aromatic rings. The number of hydrogen-bond donors (Lipinski definition) is 1. The molecule has 0 spiro atoms. The molecule has 0 unspecified atom stereocenters. The van der Waals surface area contributed by atoms with Crippen LogP contribution in [0.15, 0.2) is 18.2 Å². The van der Waals surface area contributed by atoms with Gasteiger partial charge in [-0.05, 0) is 39.0 Å². The molecule has 1 N–H and O–H groups in total. The summed E-state index contributed by atoms with van der Waals surface area (Å²) in [4.78, 5) is 0. The molecule has 0 aliphatic carbocycles. The van der Waals surface area contributed by atoms with E-state index in [9.17, 15) is 5.11 Å². The van der Waals surface area contributed by atoms with Crippen molar-refractivity contribution in [2.45, 2.75) is 40.0 Å². The van der Waals surface area contributed by atoms with Gasteiger partial charge >= 0.3 is 0 Å². The summed E-state index contributed by atoms with van der Waals surface area (Å²) < 4.78 is 7.63. The molecule has 0 aliphatic heterocycles. The highest BCUT2D eigenvalue weighted by molar-refractivity contribution is 6.31. The SMILES string of the molecule is CCn1nc(C)c(Cl)c1COc1ccc(Cl)cc1[C@@H](C)O. The number of halogens is 2. The Bertz CT molecular complexity index is 639. The van der Waals surface area contributed by atoms with Gasteiger partial charge in [-0.25, -0.2) is 0 Å². The number of aliphatic hydroxyl groups is 1. The zero-order valence-corrected chi connectivity index (χ0v) is 13.7. The Balaban J connectivity index is 2.25. The van der Waals surface area contributed by atoms with E-state index in [0.717, 1.165) is 17.9 Å². The molecule has 21 heavy (non-hydrogen) atoms. The zero-order valence-electron chi connectivity index (χ0n) is 12.2. The molecule has 2 rings (SSSR count). The molecule has 0 saturated carbocycles. The van der Waals surface area contributed by atoms with Crippen LogP contribution in [-0.2, 0) is 13.2 Å². The third-order valence-corrected chi connectivity index (χ3v) is 3.97. The first-order chi connectivity index (χ1) is 9.93. The second-order valence-electron chi connectivity index (χ2n) is 4.81. The summed E-state index contributed by atoms with van der Waals surface area (Å²) in [6.07, 6.45) is -0.660. The molecule has 0 fully saturated rings. The maximum atomic E-state index is 9.80. The third-order valence-electron chi connectivity index (χ3n) is 3.24. The highest BCUT2D eigenvalue weighted by atomic mass is 35.5. The van der Waals surface area contributed by atoms with Crippen molar-refractivity contribution in [2.24, 2.45) is 0 Å². The predicted octanol–water partition coefficient (Wildman–Crippen LogP) is 4.15. The highest BCUT2D eigenvalue weighted by Crippen LogP contribution is 2.30. The highest BCUT2D eigenvalue weighted by Gasteiger charge is 2.15. The van der Waals surface area contributed by atoms with Crippen LogP contribution in [0.1, 0.15) is 36.9 Å². The molecular weight excluding hydrogens is 311 g/mol. The predicted molar refractivity (Wildman–Crippen MR) is 84.1 cm³/mol. The van der Waals surface area contributed by atoms with E-state index in [1.165, 1.54) is 0 Å². The first-order valence-electron chi connectivity index (χ1n) is 6.76. The zero-order chi connectivity index (χ0) is 15.6. The summed E-state index contributed by atoms with van der Waals surface area (Å²) in [7, 11) is 0. The first kappa shape index (κ1) is 16.1. The number of nitrogens with zero attached hydrogens (tertiary/aromatic N) is 2. The molecule has 6 heteroatoms. The Hall–Kier alpha value is -1.23. The van der Waals surface area contributed by atoms with Gasteiger partial charge in [-0.3, -0.25) is 4.68 Å². The molecule has 0 amide bonds. The van der Waals surface area contributed by atoms with Gasteiger partial charge in [0, 0.05) is 17.1 Å². The van der Waals surface area contributed by atoms with Crippen LogP contribution in [0.4, 0.5) is 0 Å². The van der Waals surface area contributed by atoms with Crippen LogP contribution in [0.25, 0.3) is 0 Å². The van der Waals surface area contributed by atoms with Crippen LogP contribution < -0.4 is 4.74 Å². The van der Waals surface area contributed by atoms with E-state index in [4.69, 9.17) is 27.9 Å². The Labute approximate surface area is 134 Å². The second kappa shape index (κ2) is 6.69. The lowest BCUT2D eigenvalue weighted by Crippen LogP contribution is -2.08. The van der Waals surface area contributed by atoms with Crippen molar-refractivity contribution in [3.8, 4) is 5.75 Å². The van der Waals surface area contributed by atoms with Crippen LogP contribution in [0.2, 0.25) is 10.0 Å². The lowest BCUT2D eigenvalue weighted by Gasteiger charge is -2.14. The summed E-state index contributed by atoms with van der Waals surface area (Å²) >= 11 is 12.2. The standard InChI is InChI=1S/C15H18Cl2N2O2/c1-4-19-13(15(17)9(2)18-19)8-21-14-6-5-11(16)7-12(14)10(3)20/h5-7,10,20H,4,8H2,1-3H3/t10-/m1/s1. The smallest absolute Gasteiger partial charge is 0.131 e. The third kappa shape index (κ3) is 3.51. The number of rotatable bonds is 5. The first-order valence-corrected chi connectivity index (χ1v) is 7.51. The largest absolute Gasteiger partial charge is 0.487 e. The van der Waals surface area contributed by atoms with Gasteiger partial charge < -0.3 is 9.84 Å². The van der Waals surface area contributed by atoms with E-state index < -0.39 is 6.10 Å². The molecule has 1 aromatic carbocycles. The average Bonchev–Trinajstić information content (AvgIpc) is 2.72. The molecular formula is C15H18Cl2N2O2. The van der Waals surface area contributed by atoms with Crippen LogP contribution in [0.3, 0.4) is 0 Å². The van der Waals surface area contributed by atoms with Crippen molar-refractivity contribution >= 4 is 23.2 Å². The van der Waals surface area contributed by atoms with Gasteiger partial charge in [-0.1, -0.05) is 23.2 Å². The summed E-state index contributed by atoms with van der Waals surface area (Å²) in [5, 5.41) is 15.3. The number of benzene rings is 1. The maximum Gasteiger partial charge on any atom is 0.131 e. The van der Waals surface area contributed by atoms with Crippen molar-refractivity contribution in [1.29, 1.82) is 0 Å². The van der Waals surface area contributed by atoms with E-state index in [0.29, 0.717) is 21.4 Å². The van der Waals surface area contributed by atoms with Crippen LogP contribution >= 0.6 is 23.2 Å². The van der Waals surface area contributed by atoms with E-state index in [1.807, 2.05) is 18.5 Å². The van der Waals surface area contributed by atoms with Crippen molar-refractivity contribution in [2.75, 3.05) is 0 Å². The number of aromatic nitrogens is 2. The van der Waals surface area contributed by atoms with Crippen molar-refractivity contribution < 1.29 is 9.84 Å². The lowest BCUT2D eigenvalue weighted by molar-refractivity contribution is 0.189. The number of ether oxygens (including phenoxy) is 1. The topological polar surface area (TPSA) is 47.3 Å². The van der Waals surface area contributed by atoms with Gasteiger partial charge in [0.05, 0.1) is 22.5 Å². The van der Waals surface area contributed by atoms with E-state index in [-0.39, 0.29) is 6.61 Å². The minimum absolute atomic E-state index is 0.287. The van der Waals surface area contributed by atoms with E-state index >= 15 is 0 Å². The molecule has 4 nitrogen and oxygen atoms in total. The lowest BCUT2D eigenvalue weighted by atomic mass is 10.1. The molecule has 1 heterocycles. The Morgan fingerprint density at radius 3 is 2.71 bits per heavy atom. The van der Waals surface area contributed by atoms with E-state index in [2.05, 4.69) is 5.10 Å². The molecule has 0 radical (unpaired) electrons.